The van der Waals surface area contributed by atoms with Crippen LogP contribution in [0.4, 0.5) is 0 Å². The third-order valence-electron chi connectivity index (χ3n) is 1.94. The zero-order valence-electron chi connectivity index (χ0n) is 6.91. The lowest BCUT2D eigenvalue weighted by Gasteiger charge is -2.19. The van der Waals surface area contributed by atoms with Crippen LogP contribution in [-0.4, -0.2) is 23.3 Å². The first-order valence-electron chi connectivity index (χ1n) is 3.64. The predicted octanol–water partition coefficient (Wildman–Crippen LogP) is 0.387. The van der Waals surface area contributed by atoms with Gasteiger partial charge in [-0.1, -0.05) is 0 Å². The van der Waals surface area contributed by atoms with Crippen molar-refractivity contribution in [3.05, 3.63) is 23.5 Å². The molecule has 0 radical (unpaired) electrons. The molecule has 3 heteroatoms. The van der Waals surface area contributed by atoms with Gasteiger partial charge in [-0.15, -0.1) is 0 Å². The van der Waals surface area contributed by atoms with E-state index in [1.54, 1.807) is 11.1 Å². The highest BCUT2D eigenvalue weighted by atomic mass is 16.3. The van der Waals surface area contributed by atoms with Crippen molar-refractivity contribution < 1.29 is 5.11 Å². The lowest BCUT2D eigenvalue weighted by atomic mass is 10.1. The molecule has 0 amide bonds. The van der Waals surface area contributed by atoms with Gasteiger partial charge in [-0.2, -0.15) is 0 Å². The summed E-state index contributed by atoms with van der Waals surface area (Å²) in [6.45, 7) is 1.93. The number of nitrogens with zero attached hydrogens (tertiary/aromatic N) is 1. The minimum absolute atomic E-state index is 0.438. The molecule has 0 spiro atoms. The van der Waals surface area contributed by atoms with Gasteiger partial charge in [0.05, 0.1) is 0 Å². The number of hydrogen-bond acceptors (Lipinski definition) is 3. The van der Waals surface area contributed by atoms with Crippen molar-refractivity contribution in [2.24, 2.45) is 5.73 Å². The third kappa shape index (κ3) is 1.74. The van der Waals surface area contributed by atoms with Crippen molar-refractivity contribution in [1.29, 1.82) is 0 Å². The summed E-state index contributed by atoms with van der Waals surface area (Å²) in [7, 11) is 1.83. The first kappa shape index (κ1) is 8.14. The molecule has 1 atom stereocenters. The van der Waals surface area contributed by atoms with E-state index in [9.17, 15) is 5.11 Å². The Kier molecular flexibility index (Phi) is 2.19. The summed E-state index contributed by atoms with van der Waals surface area (Å²) in [5.74, 6) is 0. The Balaban J connectivity index is 2.82. The number of rotatable bonds is 0. The molecular formula is C8H14N2O. The topological polar surface area (TPSA) is 49.5 Å². The summed E-state index contributed by atoms with van der Waals surface area (Å²) in [6, 6.07) is 0. The number of hydrogen-bond donors (Lipinski definition) is 2. The number of aliphatic hydroxyl groups is 1. The van der Waals surface area contributed by atoms with Gasteiger partial charge in [0.25, 0.3) is 0 Å². The van der Waals surface area contributed by atoms with E-state index in [0.29, 0.717) is 6.42 Å². The third-order valence-corrected chi connectivity index (χ3v) is 1.94. The Morgan fingerprint density at radius 1 is 1.73 bits per heavy atom. The van der Waals surface area contributed by atoms with Crippen LogP contribution in [-0.2, 0) is 0 Å². The standard InChI is InChI=1S/C8H14N2O/c1-6-5-8(11)10(2)4-3-7(6)9/h3-4,8,11H,5,9H2,1-2H3. The van der Waals surface area contributed by atoms with Crippen LogP contribution in [0.25, 0.3) is 0 Å². The summed E-state index contributed by atoms with van der Waals surface area (Å²) >= 11 is 0. The molecule has 0 saturated carbocycles. The van der Waals surface area contributed by atoms with Gasteiger partial charge in [-0.25, -0.2) is 0 Å². The molecule has 0 aromatic rings. The van der Waals surface area contributed by atoms with Crippen LogP contribution in [0, 0.1) is 0 Å². The quantitative estimate of drug-likeness (QED) is 0.530. The average molecular weight is 154 g/mol. The molecular weight excluding hydrogens is 140 g/mol. The van der Waals surface area contributed by atoms with Crippen molar-refractivity contribution >= 4 is 0 Å². The molecule has 0 bridgehead atoms. The van der Waals surface area contributed by atoms with Crippen LogP contribution in [0.1, 0.15) is 13.3 Å². The Morgan fingerprint density at radius 2 is 2.36 bits per heavy atom. The second-order valence-corrected chi connectivity index (χ2v) is 2.90. The molecule has 0 saturated heterocycles. The fourth-order valence-corrected chi connectivity index (χ4v) is 0.975. The molecule has 0 aromatic carbocycles. The van der Waals surface area contributed by atoms with Gasteiger partial charge in [-0.3, -0.25) is 0 Å². The lowest BCUT2D eigenvalue weighted by molar-refractivity contribution is 0.0567. The zero-order chi connectivity index (χ0) is 8.43. The van der Waals surface area contributed by atoms with Crippen LogP contribution < -0.4 is 5.73 Å². The van der Waals surface area contributed by atoms with Crippen LogP contribution in [0.15, 0.2) is 23.5 Å². The fraction of sp³-hybridized carbons (Fsp3) is 0.500. The summed E-state index contributed by atoms with van der Waals surface area (Å²) in [4.78, 5) is 1.74. The van der Waals surface area contributed by atoms with Gasteiger partial charge in [0.2, 0.25) is 0 Å². The summed E-state index contributed by atoms with van der Waals surface area (Å²) in [6.07, 6.45) is 3.78. The first-order chi connectivity index (χ1) is 5.11. The summed E-state index contributed by atoms with van der Waals surface area (Å²) < 4.78 is 0. The molecule has 3 N–H and O–H groups in total. The van der Waals surface area contributed by atoms with Crippen LogP contribution in [0.5, 0.6) is 0 Å². The van der Waals surface area contributed by atoms with E-state index in [0.717, 1.165) is 11.3 Å². The van der Waals surface area contributed by atoms with Gasteiger partial charge in [0, 0.05) is 25.4 Å². The van der Waals surface area contributed by atoms with Crippen molar-refractivity contribution in [2.45, 2.75) is 19.6 Å². The molecule has 0 aliphatic carbocycles. The zero-order valence-corrected chi connectivity index (χ0v) is 6.91. The molecule has 3 nitrogen and oxygen atoms in total. The summed E-state index contributed by atoms with van der Waals surface area (Å²) in [5, 5.41) is 9.43. The highest BCUT2D eigenvalue weighted by Crippen LogP contribution is 2.14. The van der Waals surface area contributed by atoms with Gasteiger partial charge < -0.3 is 15.7 Å². The van der Waals surface area contributed by atoms with Crippen molar-refractivity contribution in [3.8, 4) is 0 Å². The van der Waals surface area contributed by atoms with Gasteiger partial charge in [-0.05, 0) is 18.6 Å². The van der Waals surface area contributed by atoms with Crippen LogP contribution >= 0.6 is 0 Å². The number of aliphatic hydroxyl groups excluding tert-OH is 1. The maximum Gasteiger partial charge on any atom is 0.130 e. The largest absolute Gasteiger partial charge is 0.399 e. The van der Waals surface area contributed by atoms with Crippen molar-refractivity contribution in [3.63, 3.8) is 0 Å². The minimum atomic E-state index is -0.438. The monoisotopic (exact) mass is 154 g/mol. The molecule has 1 aliphatic heterocycles. The Labute approximate surface area is 66.8 Å². The minimum Gasteiger partial charge on any atom is -0.399 e. The highest BCUT2D eigenvalue weighted by Gasteiger charge is 2.12. The smallest absolute Gasteiger partial charge is 0.130 e. The van der Waals surface area contributed by atoms with E-state index >= 15 is 0 Å². The van der Waals surface area contributed by atoms with E-state index < -0.39 is 6.23 Å². The normalized spacial score (nSPS) is 25.7. The molecule has 1 aliphatic rings. The lowest BCUT2D eigenvalue weighted by Crippen LogP contribution is -2.25. The Bertz CT molecular complexity index is 208. The van der Waals surface area contributed by atoms with Crippen molar-refractivity contribution in [2.75, 3.05) is 7.05 Å². The summed E-state index contributed by atoms with van der Waals surface area (Å²) in [5.41, 5.74) is 7.46. The molecule has 0 aromatic heterocycles. The Morgan fingerprint density at radius 3 is 3.00 bits per heavy atom. The van der Waals surface area contributed by atoms with E-state index in [-0.39, 0.29) is 0 Å². The molecule has 1 unspecified atom stereocenters. The second kappa shape index (κ2) is 2.96. The number of nitrogens with two attached hydrogens (primary N) is 1. The highest BCUT2D eigenvalue weighted by molar-refractivity contribution is 5.23. The van der Waals surface area contributed by atoms with Crippen molar-refractivity contribution in [1.82, 2.24) is 4.90 Å². The average Bonchev–Trinajstić information content (AvgIpc) is 2.05. The maximum atomic E-state index is 9.43. The Hall–Kier alpha value is -0.960. The van der Waals surface area contributed by atoms with Gasteiger partial charge in [0.15, 0.2) is 0 Å². The van der Waals surface area contributed by atoms with Gasteiger partial charge >= 0.3 is 0 Å². The van der Waals surface area contributed by atoms with Crippen LogP contribution in [0.3, 0.4) is 0 Å². The van der Waals surface area contributed by atoms with E-state index in [1.165, 1.54) is 0 Å². The molecule has 1 rings (SSSR count). The maximum absolute atomic E-state index is 9.43. The molecule has 0 fully saturated rings. The van der Waals surface area contributed by atoms with E-state index in [2.05, 4.69) is 0 Å². The molecule has 62 valence electrons. The number of allylic oxidation sites excluding steroid dienone is 1. The predicted molar refractivity (Wildman–Crippen MR) is 44.4 cm³/mol. The van der Waals surface area contributed by atoms with Gasteiger partial charge in [0.1, 0.15) is 6.23 Å². The first-order valence-corrected chi connectivity index (χ1v) is 3.64. The fourth-order valence-electron chi connectivity index (χ4n) is 0.975. The SMILES string of the molecule is CC1=C(N)C=CN(C)C(O)C1. The second-order valence-electron chi connectivity index (χ2n) is 2.90. The van der Waals surface area contributed by atoms with Crippen LogP contribution in [0.2, 0.25) is 0 Å². The molecule has 11 heavy (non-hydrogen) atoms. The van der Waals surface area contributed by atoms with E-state index in [4.69, 9.17) is 5.73 Å². The molecule has 1 heterocycles. The van der Waals surface area contributed by atoms with E-state index in [1.807, 2.05) is 20.0 Å².